The minimum absolute atomic E-state index is 0. The van der Waals surface area contributed by atoms with Crippen molar-refractivity contribution < 1.29 is 27.3 Å². The largest absolute Gasteiger partial charge is 0.505 e. The molecule has 6 nitrogen and oxygen atoms in total. The second kappa shape index (κ2) is 7.18. The Hall–Kier alpha value is -1.21. The molecule has 0 aliphatic heterocycles. The van der Waals surface area contributed by atoms with Crippen LogP contribution in [0.3, 0.4) is 0 Å². The van der Waals surface area contributed by atoms with Crippen LogP contribution in [-0.4, -0.2) is 26.5 Å². The summed E-state index contributed by atoms with van der Waals surface area (Å²) in [5.74, 6) is -0.0277. The number of hydrogen-bond donors (Lipinski definition) is 4. The van der Waals surface area contributed by atoms with Crippen molar-refractivity contribution in [2.24, 2.45) is 10.8 Å². The summed E-state index contributed by atoms with van der Waals surface area (Å²) >= 11 is 4.56. The summed E-state index contributed by atoms with van der Waals surface area (Å²) in [5.41, 5.74) is 8.84. The van der Waals surface area contributed by atoms with Gasteiger partial charge in [-0.15, -0.1) is 0 Å². The average Bonchev–Trinajstić information content (AvgIpc) is 2.24. The molecule has 5 N–H and O–H groups in total. The number of aromatic nitrogens is 1. The molecule has 8 heteroatoms. The number of nitrogens with one attached hydrogen (secondary N) is 1. The van der Waals surface area contributed by atoms with E-state index in [1.165, 1.54) is 12.4 Å². The summed E-state index contributed by atoms with van der Waals surface area (Å²) in [6, 6.07) is 0. The molecule has 17 heavy (non-hydrogen) atoms. The monoisotopic (exact) mass is 296 g/mol. The van der Waals surface area contributed by atoms with Crippen molar-refractivity contribution in [2.75, 3.05) is 0 Å². The first-order chi connectivity index (χ1) is 7.56. The third-order valence-corrected chi connectivity index (χ3v) is 1.99. The molecule has 0 aliphatic rings. The number of aliphatic hydroxyl groups is 1. The molecule has 1 rings (SSSR count). The molecule has 0 aromatic carbocycles. The van der Waals surface area contributed by atoms with E-state index < -0.39 is 0 Å². The molecule has 0 atom stereocenters. The molecule has 0 saturated heterocycles. The summed E-state index contributed by atoms with van der Waals surface area (Å²) in [4.78, 5) is 3.91. The molecule has 1 heterocycles. The van der Waals surface area contributed by atoms with E-state index in [0.29, 0.717) is 16.8 Å². The van der Waals surface area contributed by atoms with Crippen LogP contribution in [0.5, 0.6) is 5.75 Å². The molecule has 0 spiro atoms. The minimum atomic E-state index is -0.241. The Morgan fingerprint density at radius 3 is 2.88 bits per heavy atom. The number of nitrogens with zero attached hydrogens (tertiary/aromatic N) is 2. The van der Waals surface area contributed by atoms with Crippen molar-refractivity contribution in [1.82, 2.24) is 10.4 Å². The number of nitrogens with two attached hydrogens (primary N) is 1. The number of pyridine rings is 1. The Morgan fingerprint density at radius 2 is 2.35 bits per heavy atom. The number of aryl methyl sites for hydroxylation is 1. The Balaban J connectivity index is 0.00000256. The van der Waals surface area contributed by atoms with Gasteiger partial charge in [0.15, 0.2) is 5.11 Å². The number of thiocarbonyl (C=S) groups is 1. The van der Waals surface area contributed by atoms with Crippen LogP contribution >= 0.6 is 12.2 Å². The molecule has 0 saturated carbocycles. The van der Waals surface area contributed by atoms with Crippen molar-refractivity contribution in [1.29, 1.82) is 0 Å². The molecule has 1 aromatic heterocycles. The van der Waals surface area contributed by atoms with Crippen LogP contribution in [0.1, 0.15) is 16.8 Å². The second-order valence-electron chi connectivity index (χ2n) is 3.02. The van der Waals surface area contributed by atoms with Gasteiger partial charge in [-0.1, -0.05) is 0 Å². The summed E-state index contributed by atoms with van der Waals surface area (Å²) in [7, 11) is 0. The number of rotatable bonds is 3. The first-order valence-corrected chi connectivity index (χ1v) is 4.84. The molecule has 94 valence electrons. The summed E-state index contributed by atoms with van der Waals surface area (Å²) in [6.45, 7) is 1.41. The molecule has 0 radical (unpaired) electrons. The smallest absolute Gasteiger partial charge is 0.184 e. The number of hydrogen-bond acceptors (Lipinski definition) is 5. The molecule has 0 aliphatic carbocycles. The van der Waals surface area contributed by atoms with Gasteiger partial charge >= 0.3 is 0 Å². The van der Waals surface area contributed by atoms with E-state index >= 15 is 0 Å². The third kappa shape index (κ3) is 4.27. The van der Waals surface area contributed by atoms with Crippen LogP contribution < -0.4 is 11.2 Å². The average molecular weight is 296 g/mol. The maximum atomic E-state index is 9.72. The van der Waals surface area contributed by atoms with Gasteiger partial charge in [0, 0.05) is 34.4 Å². The van der Waals surface area contributed by atoms with Crippen molar-refractivity contribution in [2.45, 2.75) is 13.5 Å². The van der Waals surface area contributed by atoms with Crippen LogP contribution in [0.2, 0.25) is 0 Å². The van der Waals surface area contributed by atoms with Gasteiger partial charge in [0.2, 0.25) is 0 Å². The molecule has 1 aromatic rings. The van der Waals surface area contributed by atoms with Crippen molar-refractivity contribution in [3.8, 4) is 5.75 Å². The van der Waals surface area contributed by atoms with E-state index in [2.05, 4.69) is 27.7 Å². The maximum Gasteiger partial charge on any atom is 0.184 e. The van der Waals surface area contributed by atoms with Crippen LogP contribution in [0.4, 0.5) is 0 Å². The fraction of sp³-hybridized carbons (Fsp3) is 0.222. The molecule has 0 bridgehead atoms. The van der Waals surface area contributed by atoms with Gasteiger partial charge in [-0.2, -0.15) is 5.10 Å². The molecule has 0 fully saturated rings. The zero-order valence-corrected chi connectivity index (χ0v) is 10.9. The van der Waals surface area contributed by atoms with E-state index in [1.807, 2.05) is 0 Å². The molecule has 0 amide bonds. The summed E-state index contributed by atoms with van der Waals surface area (Å²) in [5, 5.41) is 22.5. The van der Waals surface area contributed by atoms with Crippen LogP contribution in [0.15, 0.2) is 11.3 Å². The SMILES string of the molecule is Cc1ncc(CO)c(C=NNC(N)=S)c1O.[Fe]. The van der Waals surface area contributed by atoms with E-state index in [1.54, 1.807) is 6.92 Å². The van der Waals surface area contributed by atoms with E-state index in [0.717, 1.165) is 0 Å². The Morgan fingerprint density at radius 1 is 1.71 bits per heavy atom. The number of hydrazone groups is 1. The minimum Gasteiger partial charge on any atom is -0.505 e. The Bertz CT molecular complexity index is 439. The Labute approximate surface area is 114 Å². The fourth-order valence-electron chi connectivity index (χ4n) is 1.08. The van der Waals surface area contributed by atoms with Gasteiger partial charge < -0.3 is 15.9 Å². The van der Waals surface area contributed by atoms with Crippen molar-refractivity contribution in [3.05, 3.63) is 23.0 Å². The molecular weight excluding hydrogens is 284 g/mol. The van der Waals surface area contributed by atoms with Gasteiger partial charge in [-0.3, -0.25) is 10.4 Å². The first-order valence-electron chi connectivity index (χ1n) is 4.43. The zero-order valence-electron chi connectivity index (χ0n) is 8.99. The normalized spacial score (nSPS) is 10.0. The summed E-state index contributed by atoms with van der Waals surface area (Å²) < 4.78 is 0. The summed E-state index contributed by atoms with van der Waals surface area (Å²) in [6.07, 6.45) is 2.80. The van der Waals surface area contributed by atoms with E-state index in [4.69, 9.17) is 10.8 Å². The van der Waals surface area contributed by atoms with Crippen LogP contribution in [0, 0.1) is 6.92 Å². The van der Waals surface area contributed by atoms with Gasteiger partial charge in [-0.05, 0) is 19.1 Å². The maximum absolute atomic E-state index is 9.72. The van der Waals surface area contributed by atoms with Crippen LogP contribution in [-0.2, 0) is 23.7 Å². The predicted octanol–water partition coefficient (Wildman–Crippen LogP) is -0.247. The topological polar surface area (TPSA) is 104 Å². The van der Waals surface area contributed by atoms with Crippen molar-refractivity contribution >= 4 is 23.5 Å². The quantitative estimate of drug-likeness (QED) is 0.265. The third-order valence-electron chi connectivity index (χ3n) is 1.90. The first kappa shape index (κ1) is 15.8. The standard InChI is InChI=1S/C9H12N4O2S.Fe/c1-5-8(15)7(3-12-13-9(10)16)6(4-14)2-11-5;/h2-3,14-15H,4H2,1H3,(H3,10,13,16);. The second-order valence-corrected chi connectivity index (χ2v) is 3.46. The molecule has 0 unspecified atom stereocenters. The number of aromatic hydroxyl groups is 1. The zero-order chi connectivity index (χ0) is 12.1. The van der Waals surface area contributed by atoms with Crippen molar-refractivity contribution in [3.63, 3.8) is 0 Å². The Kier molecular flexibility index (Phi) is 6.67. The van der Waals surface area contributed by atoms with Gasteiger partial charge in [0.05, 0.1) is 18.5 Å². The number of aliphatic hydroxyl groups excluding tert-OH is 1. The van der Waals surface area contributed by atoms with Gasteiger partial charge in [-0.25, -0.2) is 0 Å². The van der Waals surface area contributed by atoms with Gasteiger partial charge in [0.25, 0.3) is 0 Å². The van der Waals surface area contributed by atoms with Crippen LogP contribution in [0.25, 0.3) is 0 Å². The van der Waals surface area contributed by atoms with E-state index in [9.17, 15) is 5.11 Å². The van der Waals surface area contributed by atoms with Gasteiger partial charge in [0.1, 0.15) is 5.75 Å². The predicted molar refractivity (Wildman–Crippen MR) is 64.1 cm³/mol. The van der Waals surface area contributed by atoms with E-state index in [-0.39, 0.29) is 34.5 Å². The molecular formula is C9H12FeN4O2S. The fourth-order valence-corrected chi connectivity index (χ4v) is 1.14.